The summed E-state index contributed by atoms with van der Waals surface area (Å²) in [6.45, 7) is 6.69. The molecule has 2 aromatic rings. The van der Waals surface area contributed by atoms with E-state index in [2.05, 4.69) is 16.0 Å². The van der Waals surface area contributed by atoms with Crippen molar-refractivity contribution in [1.82, 2.24) is 10.6 Å². The molecule has 244 valence electrons. The van der Waals surface area contributed by atoms with Gasteiger partial charge in [0.1, 0.15) is 5.75 Å². The predicted octanol–water partition coefficient (Wildman–Crippen LogP) is 0.554. The SMILES string of the molecule is CC1(C)OB(O)c2ccc(NC=O)cc21.CCNC(=O)C(N)CCC(=O)NC(CN)CN.COc1ccc(C(F)(F)F)cc1. The summed E-state index contributed by atoms with van der Waals surface area (Å²) < 4.78 is 46.1. The van der Waals surface area contributed by atoms with Gasteiger partial charge in [0.15, 0.2) is 0 Å². The predicted molar refractivity (Wildman–Crippen MR) is 162 cm³/mol. The van der Waals surface area contributed by atoms with Crippen LogP contribution in [0.3, 0.4) is 0 Å². The number of fused-ring (bicyclic) bond motifs is 1. The van der Waals surface area contributed by atoms with E-state index in [0.717, 1.165) is 23.2 Å². The van der Waals surface area contributed by atoms with E-state index in [0.29, 0.717) is 43.9 Å². The van der Waals surface area contributed by atoms with Crippen molar-refractivity contribution in [3.8, 4) is 5.75 Å². The highest BCUT2D eigenvalue weighted by atomic mass is 19.4. The van der Waals surface area contributed by atoms with Crippen molar-refractivity contribution in [2.24, 2.45) is 17.2 Å². The summed E-state index contributed by atoms with van der Waals surface area (Å²) in [4.78, 5) is 33.0. The van der Waals surface area contributed by atoms with E-state index in [1.54, 1.807) is 12.1 Å². The lowest BCUT2D eigenvalue weighted by molar-refractivity contribution is -0.137. The lowest BCUT2D eigenvalue weighted by Gasteiger charge is -2.20. The minimum Gasteiger partial charge on any atom is -0.497 e. The van der Waals surface area contributed by atoms with Crippen molar-refractivity contribution in [3.63, 3.8) is 0 Å². The first-order valence-electron chi connectivity index (χ1n) is 13.8. The number of ether oxygens (including phenoxy) is 1. The third-order valence-electron chi connectivity index (χ3n) is 6.32. The number of carbonyl (C=O) groups excluding carboxylic acids is 3. The zero-order valence-electron chi connectivity index (χ0n) is 25.2. The molecule has 2 aromatic carbocycles. The Morgan fingerprint density at radius 2 is 1.75 bits per heavy atom. The van der Waals surface area contributed by atoms with E-state index in [-0.39, 0.29) is 24.3 Å². The number of rotatable bonds is 11. The van der Waals surface area contributed by atoms with Crippen molar-refractivity contribution in [3.05, 3.63) is 53.6 Å². The first-order valence-corrected chi connectivity index (χ1v) is 13.8. The van der Waals surface area contributed by atoms with Crippen molar-refractivity contribution in [2.45, 2.75) is 57.5 Å². The molecule has 1 aliphatic heterocycles. The molecule has 0 spiro atoms. The summed E-state index contributed by atoms with van der Waals surface area (Å²) in [5, 5.41) is 17.5. The fraction of sp³-hybridized carbons (Fsp3) is 0.464. The number of methoxy groups -OCH3 is 1. The highest BCUT2D eigenvalue weighted by Crippen LogP contribution is 2.31. The summed E-state index contributed by atoms with van der Waals surface area (Å²) in [5.41, 5.74) is 17.6. The lowest BCUT2D eigenvalue weighted by atomic mass is 9.78. The maximum absolute atomic E-state index is 12.0. The van der Waals surface area contributed by atoms with E-state index < -0.39 is 30.5 Å². The largest absolute Gasteiger partial charge is 0.497 e. The normalized spacial score (nSPS) is 13.8. The molecule has 10 N–H and O–H groups in total. The van der Waals surface area contributed by atoms with Gasteiger partial charge in [0.25, 0.3) is 0 Å². The van der Waals surface area contributed by atoms with Gasteiger partial charge in [-0.2, -0.15) is 13.2 Å². The molecule has 0 aliphatic carbocycles. The van der Waals surface area contributed by atoms with Crippen molar-refractivity contribution < 1.29 is 42.0 Å². The molecular formula is C28H42BF3N6O6. The Bertz CT molecular complexity index is 1200. The second-order valence-electron chi connectivity index (χ2n) is 10.0. The molecule has 3 rings (SSSR count). The number of alkyl halides is 3. The van der Waals surface area contributed by atoms with Crippen LogP contribution in [0.15, 0.2) is 42.5 Å². The van der Waals surface area contributed by atoms with Crippen LogP contribution in [0, 0.1) is 0 Å². The molecule has 0 radical (unpaired) electrons. The average molecular weight is 626 g/mol. The fourth-order valence-corrected chi connectivity index (χ4v) is 3.87. The molecule has 0 bridgehead atoms. The number of carbonyl (C=O) groups is 3. The monoisotopic (exact) mass is 626 g/mol. The van der Waals surface area contributed by atoms with Crippen molar-refractivity contribution in [1.29, 1.82) is 0 Å². The minimum absolute atomic E-state index is 0.189. The summed E-state index contributed by atoms with van der Waals surface area (Å²) >= 11 is 0. The smallest absolute Gasteiger partial charge is 0.492 e. The first kappa shape index (κ1) is 38.3. The first-order chi connectivity index (χ1) is 20.6. The number of hydrogen-bond donors (Lipinski definition) is 7. The quantitative estimate of drug-likeness (QED) is 0.137. The van der Waals surface area contributed by atoms with Crippen LogP contribution in [-0.4, -0.2) is 69.2 Å². The highest BCUT2D eigenvalue weighted by Gasteiger charge is 2.40. The molecule has 0 aromatic heterocycles. The Hall–Kier alpha value is -3.70. The Kier molecular flexibility index (Phi) is 15.8. The Morgan fingerprint density at radius 1 is 1.14 bits per heavy atom. The van der Waals surface area contributed by atoms with Gasteiger partial charge in [-0.3, -0.25) is 14.4 Å². The Morgan fingerprint density at radius 3 is 2.25 bits per heavy atom. The Labute approximate surface area is 255 Å². The van der Waals surface area contributed by atoms with Crippen LogP contribution in [0.2, 0.25) is 0 Å². The van der Waals surface area contributed by atoms with Crippen LogP contribution >= 0.6 is 0 Å². The van der Waals surface area contributed by atoms with Gasteiger partial charge in [0.05, 0.1) is 30.4 Å². The molecular weight excluding hydrogens is 584 g/mol. The number of anilines is 1. The van der Waals surface area contributed by atoms with E-state index in [9.17, 15) is 32.6 Å². The van der Waals surface area contributed by atoms with Crippen LogP contribution in [-0.2, 0) is 30.8 Å². The van der Waals surface area contributed by atoms with Crippen LogP contribution in [0.4, 0.5) is 18.9 Å². The van der Waals surface area contributed by atoms with Gasteiger partial charge in [-0.05, 0) is 74.6 Å². The van der Waals surface area contributed by atoms with Gasteiger partial charge in [-0.25, -0.2) is 0 Å². The Balaban J connectivity index is 0.000000334. The summed E-state index contributed by atoms with van der Waals surface area (Å²) in [7, 11) is 0.531. The standard InChI is InChI=1S/C10H12BNO3.C10H23N5O2.C8H7F3O/c1-10(2)8-5-7(12-6-13)3-4-9(8)11(14)15-10;1-2-14-10(17)8(13)3-4-9(16)15-7(5-11)6-12;1-12-7-4-2-6(3-5-7)8(9,10)11/h3-6,14H,1-2H3,(H,12,13);7-8H,2-6,11-13H2,1H3,(H,14,17)(H,15,16);2-5H,1H3. The zero-order chi connectivity index (χ0) is 33.5. The van der Waals surface area contributed by atoms with Crippen LogP contribution in [0.25, 0.3) is 0 Å². The molecule has 12 nitrogen and oxygen atoms in total. The number of nitrogens with two attached hydrogens (primary N) is 3. The van der Waals surface area contributed by atoms with Gasteiger partial charge < -0.3 is 47.6 Å². The number of amides is 3. The number of benzene rings is 2. The van der Waals surface area contributed by atoms with Gasteiger partial charge >= 0.3 is 13.3 Å². The molecule has 16 heteroatoms. The molecule has 0 saturated heterocycles. The second kappa shape index (κ2) is 18.2. The molecule has 1 unspecified atom stereocenters. The molecule has 0 fully saturated rings. The van der Waals surface area contributed by atoms with Gasteiger partial charge in [-0.15, -0.1) is 0 Å². The fourth-order valence-electron chi connectivity index (χ4n) is 3.87. The minimum atomic E-state index is -4.27. The van der Waals surface area contributed by atoms with E-state index >= 15 is 0 Å². The molecule has 1 aliphatic rings. The number of hydrogen-bond acceptors (Lipinski definition) is 9. The third kappa shape index (κ3) is 12.5. The third-order valence-corrected chi connectivity index (χ3v) is 6.32. The van der Waals surface area contributed by atoms with E-state index in [1.807, 2.05) is 26.8 Å². The molecule has 44 heavy (non-hydrogen) atoms. The summed E-state index contributed by atoms with van der Waals surface area (Å²) in [6, 6.07) is 8.98. The zero-order valence-corrected chi connectivity index (χ0v) is 25.2. The lowest BCUT2D eigenvalue weighted by Crippen LogP contribution is -2.46. The molecule has 3 amide bonds. The summed E-state index contributed by atoms with van der Waals surface area (Å²) in [6.07, 6.45) is -3.15. The van der Waals surface area contributed by atoms with E-state index in [1.165, 1.54) is 19.2 Å². The summed E-state index contributed by atoms with van der Waals surface area (Å²) in [5.74, 6) is -0.0110. The van der Waals surface area contributed by atoms with Gasteiger partial charge in [0, 0.05) is 31.7 Å². The number of likely N-dealkylation sites (N-methyl/N-ethyl adjacent to an activating group) is 1. The van der Waals surface area contributed by atoms with Crippen LogP contribution in [0.5, 0.6) is 5.75 Å². The van der Waals surface area contributed by atoms with Crippen LogP contribution in [0.1, 0.15) is 44.7 Å². The molecule has 1 atom stereocenters. The number of halogens is 3. The maximum Gasteiger partial charge on any atom is 0.492 e. The van der Waals surface area contributed by atoms with Crippen molar-refractivity contribution >= 4 is 36.5 Å². The van der Waals surface area contributed by atoms with Crippen molar-refractivity contribution in [2.75, 3.05) is 32.1 Å². The number of nitrogens with one attached hydrogen (secondary N) is 3. The highest BCUT2D eigenvalue weighted by molar-refractivity contribution is 6.62. The molecule has 0 saturated carbocycles. The van der Waals surface area contributed by atoms with E-state index in [4.69, 9.17) is 26.6 Å². The maximum atomic E-state index is 12.0. The second-order valence-corrected chi connectivity index (χ2v) is 10.0. The topological polar surface area (TPSA) is 204 Å². The van der Waals surface area contributed by atoms with Gasteiger partial charge in [-0.1, -0.05) is 6.07 Å². The van der Waals surface area contributed by atoms with Gasteiger partial charge in [0.2, 0.25) is 18.2 Å². The molecule has 1 heterocycles. The van der Waals surface area contributed by atoms with Crippen LogP contribution < -0.4 is 43.4 Å². The average Bonchev–Trinajstić information content (AvgIpc) is 3.22.